The van der Waals surface area contributed by atoms with Gasteiger partial charge in [0.15, 0.2) is 18.1 Å². The summed E-state index contributed by atoms with van der Waals surface area (Å²) >= 11 is 12.0. The molecule has 0 spiro atoms. The second kappa shape index (κ2) is 8.57. The van der Waals surface area contributed by atoms with Crippen molar-refractivity contribution in [2.24, 2.45) is 0 Å². The van der Waals surface area contributed by atoms with Crippen molar-refractivity contribution >= 4 is 41.1 Å². The topological polar surface area (TPSA) is 64.6 Å². The minimum absolute atomic E-state index is 0.262. The first-order valence-electron chi connectivity index (χ1n) is 7.13. The summed E-state index contributed by atoms with van der Waals surface area (Å²) in [5.74, 6) is 0.334. The first kappa shape index (κ1) is 18.1. The number of halogens is 2. The van der Waals surface area contributed by atoms with E-state index in [0.717, 1.165) is 0 Å². The summed E-state index contributed by atoms with van der Waals surface area (Å²) < 4.78 is 10.9. The van der Waals surface area contributed by atoms with Crippen LogP contribution in [0.25, 0.3) is 0 Å². The number of rotatable bonds is 7. The SMILES string of the molecule is CCOc1cc(C=O)ccc1OCC(=O)Nc1c(Cl)cccc1Cl. The van der Waals surface area contributed by atoms with Gasteiger partial charge in [0.05, 0.1) is 22.3 Å². The summed E-state index contributed by atoms with van der Waals surface area (Å²) in [6, 6.07) is 9.62. The highest BCUT2D eigenvalue weighted by Gasteiger charge is 2.12. The molecule has 2 rings (SSSR count). The number of amides is 1. The van der Waals surface area contributed by atoms with Gasteiger partial charge in [-0.1, -0.05) is 29.3 Å². The van der Waals surface area contributed by atoms with Crippen molar-refractivity contribution < 1.29 is 19.1 Å². The van der Waals surface area contributed by atoms with E-state index in [9.17, 15) is 9.59 Å². The Morgan fingerprint density at radius 1 is 1.12 bits per heavy atom. The minimum atomic E-state index is -0.424. The third-order valence-corrected chi connectivity index (χ3v) is 3.62. The van der Waals surface area contributed by atoms with Gasteiger partial charge in [0, 0.05) is 5.56 Å². The highest BCUT2D eigenvalue weighted by atomic mass is 35.5. The van der Waals surface area contributed by atoms with Crippen molar-refractivity contribution in [1.29, 1.82) is 0 Å². The Hall–Kier alpha value is -2.24. The molecular formula is C17H15Cl2NO4. The number of anilines is 1. The van der Waals surface area contributed by atoms with Crippen LogP contribution in [-0.4, -0.2) is 25.4 Å². The molecular weight excluding hydrogens is 353 g/mol. The number of carbonyl (C=O) groups is 2. The molecule has 2 aromatic carbocycles. The van der Waals surface area contributed by atoms with Crippen molar-refractivity contribution in [3.8, 4) is 11.5 Å². The maximum absolute atomic E-state index is 12.0. The van der Waals surface area contributed by atoms with Crippen LogP contribution in [0.15, 0.2) is 36.4 Å². The molecule has 0 aliphatic rings. The lowest BCUT2D eigenvalue weighted by Crippen LogP contribution is -2.20. The zero-order valence-electron chi connectivity index (χ0n) is 12.8. The van der Waals surface area contributed by atoms with Crippen LogP contribution in [0.2, 0.25) is 10.0 Å². The van der Waals surface area contributed by atoms with Crippen LogP contribution in [0.4, 0.5) is 5.69 Å². The summed E-state index contributed by atoms with van der Waals surface area (Å²) in [4.78, 5) is 22.9. The number of carbonyl (C=O) groups excluding carboxylic acids is 2. The average Bonchev–Trinajstić information content (AvgIpc) is 2.57. The van der Waals surface area contributed by atoms with E-state index in [1.807, 2.05) is 6.92 Å². The number of nitrogens with one attached hydrogen (secondary N) is 1. The summed E-state index contributed by atoms with van der Waals surface area (Å²) in [7, 11) is 0. The molecule has 0 unspecified atom stereocenters. The van der Waals surface area contributed by atoms with Crippen molar-refractivity contribution in [2.75, 3.05) is 18.5 Å². The lowest BCUT2D eigenvalue weighted by Gasteiger charge is -2.13. The van der Waals surface area contributed by atoms with Gasteiger partial charge in [-0.3, -0.25) is 9.59 Å². The van der Waals surface area contributed by atoms with Gasteiger partial charge in [-0.2, -0.15) is 0 Å². The lowest BCUT2D eigenvalue weighted by molar-refractivity contribution is -0.118. The fraction of sp³-hybridized carbons (Fsp3) is 0.176. The van der Waals surface area contributed by atoms with Crippen LogP contribution >= 0.6 is 23.2 Å². The zero-order chi connectivity index (χ0) is 17.5. The Morgan fingerprint density at radius 3 is 2.46 bits per heavy atom. The molecule has 7 heteroatoms. The summed E-state index contributed by atoms with van der Waals surface area (Å²) in [5, 5.41) is 3.27. The maximum Gasteiger partial charge on any atom is 0.262 e. The molecule has 0 aromatic heterocycles. The quantitative estimate of drug-likeness (QED) is 0.744. The smallest absolute Gasteiger partial charge is 0.262 e. The van der Waals surface area contributed by atoms with Crippen molar-refractivity contribution in [2.45, 2.75) is 6.92 Å². The normalized spacial score (nSPS) is 10.1. The van der Waals surface area contributed by atoms with E-state index in [1.54, 1.807) is 36.4 Å². The van der Waals surface area contributed by atoms with Crippen LogP contribution < -0.4 is 14.8 Å². The van der Waals surface area contributed by atoms with Gasteiger partial charge in [-0.25, -0.2) is 0 Å². The Labute approximate surface area is 149 Å². The van der Waals surface area contributed by atoms with Crippen LogP contribution in [0.5, 0.6) is 11.5 Å². The summed E-state index contributed by atoms with van der Waals surface area (Å²) in [6.45, 7) is 1.95. The van der Waals surface area contributed by atoms with E-state index in [-0.39, 0.29) is 6.61 Å². The third-order valence-electron chi connectivity index (χ3n) is 2.99. The predicted octanol–water partition coefficient (Wildman–Crippen LogP) is 4.22. The molecule has 0 radical (unpaired) electrons. The number of para-hydroxylation sites is 1. The van der Waals surface area contributed by atoms with Gasteiger partial charge >= 0.3 is 0 Å². The zero-order valence-corrected chi connectivity index (χ0v) is 14.4. The minimum Gasteiger partial charge on any atom is -0.490 e. The Bertz CT molecular complexity index is 729. The first-order valence-corrected chi connectivity index (χ1v) is 7.89. The van der Waals surface area contributed by atoms with Crippen molar-refractivity contribution in [3.05, 3.63) is 52.0 Å². The fourth-order valence-corrected chi connectivity index (χ4v) is 2.41. The number of benzene rings is 2. The fourth-order valence-electron chi connectivity index (χ4n) is 1.92. The van der Waals surface area contributed by atoms with Gasteiger partial charge in [0.2, 0.25) is 0 Å². The first-order chi connectivity index (χ1) is 11.5. The molecule has 126 valence electrons. The van der Waals surface area contributed by atoms with E-state index in [1.165, 1.54) is 0 Å². The van der Waals surface area contributed by atoms with E-state index in [2.05, 4.69) is 5.32 Å². The molecule has 5 nitrogen and oxygen atoms in total. The van der Waals surface area contributed by atoms with Crippen LogP contribution in [0, 0.1) is 0 Å². The second-order valence-electron chi connectivity index (χ2n) is 4.69. The van der Waals surface area contributed by atoms with Gasteiger partial charge in [0.25, 0.3) is 5.91 Å². The molecule has 0 aliphatic carbocycles. The number of hydrogen-bond donors (Lipinski definition) is 1. The number of aldehydes is 1. The van der Waals surface area contributed by atoms with Gasteiger partial charge < -0.3 is 14.8 Å². The Morgan fingerprint density at radius 2 is 1.83 bits per heavy atom. The molecule has 1 N–H and O–H groups in total. The van der Waals surface area contributed by atoms with Crippen molar-refractivity contribution in [3.63, 3.8) is 0 Å². The molecule has 0 bridgehead atoms. The van der Waals surface area contributed by atoms with Gasteiger partial charge in [0.1, 0.15) is 6.29 Å². The Kier molecular flexibility index (Phi) is 6.46. The maximum atomic E-state index is 12.0. The number of ether oxygens (including phenoxy) is 2. The molecule has 24 heavy (non-hydrogen) atoms. The average molecular weight is 368 g/mol. The third kappa shape index (κ3) is 4.63. The molecule has 0 saturated carbocycles. The van der Waals surface area contributed by atoms with Crippen molar-refractivity contribution in [1.82, 2.24) is 0 Å². The molecule has 0 fully saturated rings. The largest absolute Gasteiger partial charge is 0.490 e. The monoisotopic (exact) mass is 367 g/mol. The standard InChI is InChI=1S/C17H15Cl2NO4/c1-2-23-15-8-11(9-21)6-7-14(15)24-10-16(22)20-17-12(18)4-3-5-13(17)19/h3-9H,2,10H2,1H3,(H,20,22). The van der Waals surface area contributed by atoms with Gasteiger partial charge in [-0.05, 0) is 37.3 Å². The molecule has 1 amide bonds. The van der Waals surface area contributed by atoms with Crippen LogP contribution in [0.3, 0.4) is 0 Å². The summed E-state index contributed by atoms with van der Waals surface area (Å²) in [6.07, 6.45) is 0.707. The molecule has 0 saturated heterocycles. The second-order valence-corrected chi connectivity index (χ2v) is 5.50. The molecule has 0 aliphatic heterocycles. The molecule has 2 aromatic rings. The molecule has 0 heterocycles. The van der Waals surface area contributed by atoms with E-state index in [4.69, 9.17) is 32.7 Å². The van der Waals surface area contributed by atoms with E-state index in [0.29, 0.717) is 45.7 Å². The predicted molar refractivity (Wildman–Crippen MR) is 93.6 cm³/mol. The highest BCUT2D eigenvalue weighted by Crippen LogP contribution is 2.30. The highest BCUT2D eigenvalue weighted by molar-refractivity contribution is 6.39. The van der Waals surface area contributed by atoms with E-state index >= 15 is 0 Å². The van der Waals surface area contributed by atoms with Crippen LogP contribution in [0.1, 0.15) is 17.3 Å². The van der Waals surface area contributed by atoms with Gasteiger partial charge in [-0.15, -0.1) is 0 Å². The van der Waals surface area contributed by atoms with E-state index < -0.39 is 5.91 Å². The lowest BCUT2D eigenvalue weighted by atomic mass is 10.2. The Balaban J connectivity index is 2.05. The number of hydrogen-bond acceptors (Lipinski definition) is 4. The van der Waals surface area contributed by atoms with Crippen LogP contribution in [-0.2, 0) is 4.79 Å². The summed E-state index contributed by atoms with van der Waals surface area (Å²) in [5.41, 5.74) is 0.786. The molecule has 0 atom stereocenters.